The lowest BCUT2D eigenvalue weighted by Crippen LogP contribution is -2.24. The highest BCUT2D eigenvalue weighted by Crippen LogP contribution is 2.42. The molecule has 8 nitrogen and oxygen atoms in total. The summed E-state index contributed by atoms with van der Waals surface area (Å²) in [6.45, 7) is 9.41. The highest BCUT2D eigenvalue weighted by Gasteiger charge is 2.25. The van der Waals surface area contributed by atoms with Crippen LogP contribution in [0.4, 0.5) is 5.69 Å². The fourth-order valence-electron chi connectivity index (χ4n) is 7.13. The van der Waals surface area contributed by atoms with Crippen molar-refractivity contribution in [3.63, 3.8) is 0 Å². The molecule has 0 aliphatic heterocycles. The van der Waals surface area contributed by atoms with Gasteiger partial charge in [0.15, 0.2) is 6.29 Å². The zero-order chi connectivity index (χ0) is 35.9. The zero-order valence-corrected chi connectivity index (χ0v) is 30.6. The van der Waals surface area contributed by atoms with Crippen LogP contribution in [-0.2, 0) is 20.0 Å². The second-order valence-corrected chi connectivity index (χ2v) is 13.6. The summed E-state index contributed by atoms with van der Waals surface area (Å²) in [7, 11) is 3.90. The number of carbonyl (C=O) groups excluding carboxylic acids is 1. The smallest absolute Gasteiger partial charge is 0.336 e. The molecule has 0 saturated carbocycles. The first-order chi connectivity index (χ1) is 23.9. The van der Waals surface area contributed by atoms with E-state index in [0.29, 0.717) is 48.6 Å². The maximum atomic E-state index is 13.1. The van der Waals surface area contributed by atoms with Crippen LogP contribution in [0.25, 0.3) is 32.8 Å². The van der Waals surface area contributed by atoms with Gasteiger partial charge >= 0.3 is 5.97 Å². The molecule has 4 aromatic carbocycles. The lowest BCUT2D eigenvalue weighted by atomic mass is 9.98. The fraction of sp³-hybridized carbons (Fsp3) is 0.275. The summed E-state index contributed by atoms with van der Waals surface area (Å²) in [6, 6.07) is 18.8. The summed E-state index contributed by atoms with van der Waals surface area (Å²) in [5, 5.41) is 18.3. The number of carboxylic acid groups (broad SMARTS) is 1. The van der Waals surface area contributed by atoms with Gasteiger partial charge in [-0.3, -0.25) is 9.48 Å². The molecule has 0 spiro atoms. The quantitative estimate of drug-likeness (QED) is 0.101. The number of rotatable bonds is 12. The molecule has 0 atom stereocenters. The van der Waals surface area contributed by atoms with Crippen molar-refractivity contribution in [1.82, 2.24) is 14.3 Å². The molecule has 50 heavy (non-hydrogen) atoms. The number of carbonyl (C=O) groups is 2. The van der Waals surface area contributed by atoms with Gasteiger partial charge in [-0.2, -0.15) is 5.10 Å². The second kappa shape index (κ2) is 14.2. The monoisotopic (exact) mass is 710 g/mol. The number of hydrogen-bond donors (Lipinski definition) is 1. The molecule has 1 N–H and O–H groups in total. The van der Waals surface area contributed by atoms with Crippen LogP contribution in [0.5, 0.6) is 5.75 Å². The normalized spacial score (nSPS) is 11.4. The van der Waals surface area contributed by atoms with Crippen molar-refractivity contribution >= 4 is 62.8 Å². The minimum atomic E-state index is -0.966. The van der Waals surface area contributed by atoms with Crippen LogP contribution in [-0.4, -0.2) is 51.9 Å². The Bertz CT molecular complexity index is 2260. The number of fused-ring (bicyclic) bond motifs is 2. The Hall–Kier alpha value is -4.79. The highest BCUT2D eigenvalue weighted by atomic mass is 35.5. The van der Waals surface area contributed by atoms with Gasteiger partial charge in [-0.1, -0.05) is 53.5 Å². The van der Waals surface area contributed by atoms with Crippen LogP contribution >= 0.6 is 23.2 Å². The van der Waals surface area contributed by atoms with Crippen LogP contribution in [0.15, 0.2) is 60.7 Å². The van der Waals surface area contributed by atoms with Crippen LogP contribution < -0.4 is 9.64 Å². The summed E-state index contributed by atoms with van der Waals surface area (Å²) in [6.07, 6.45) is 2.25. The van der Waals surface area contributed by atoms with Crippen LogP contribution in [0.2, 0.25) is 10.0 Å². The number of hydrogen-bond acceptors (Lipinski definition) is 5. The number of halogens is 2. The number of aromatic nitrogens is 3. The van der Waals surface area contributed by atoms with Crippen molar-refractivity contribution < 1.29 is 19.4 Å². The van der Waals surface area contributed by atoms with Crippen molar-refractivity contribution in [3.8, 4) is 16.9 Å². The van der Waals surface area contributed by atoms with E-state index in [0.717, 1.165) is 78.2 Å². The molecule has 2 aromatic heterocycles. The molecule has 0 aliphatic carbocycles. The lowest BCUT2D eigenvalue weighted by Gasteiger charge is -2.23. The molecule has 0 bridgehead atoms. The van der Waals surface area contributed by atoms with E-state index in [4.69, 9.17) is 27.9 Å². The first-order valence-electron chi connectivity index (χ1n) is 16.6. The summed E-state index contributed by atoms with van der Waals surface area (Å²) in [5.41, 5.74) is 9.15. The number of benzene rings is 4. The Morgan fingerprint density at radius 2 is 1.66 bits per heavy atom. The predicted octanol–water partition coefficient (Wildman–Crippen LogP) is 9.39. The van der Waals surface area contributed by atoms with Crippen molar-refractivity contribution in [2.24, 2.45) is 7.05 Å². The molecule has 258 valence electrons. The molecule has 0 aliphatic rings. The molecule has 2 heterocycles. The maximum absolute atomic E-state index is 13.1. The van der Waals surface area contributed by atoms with Gasteiger partial charge in [-0.05, 0) is 92.9 Å². The average Bonchev–Trinajstić information content (AvgIpc) is 3.53. The second-order valence-electron chi connectivity index (χ2n) is 12.8. The third-order valence-electron chi connectivity index (χ3n) is 9.64. The average molecular weight is 712 g/mol. The van der Waals surface area contributed by atoms with Crippen LogP contribution in [0.3, 0.4) is 0 Å². The minimum Gasteiger partial charge on any atom is -0.494 e. The third-order valence-corrected chi connectivity index (χ3v) is 10.6. The zero-order valence-electron chi connectivity index (χ0n) is 29.1. The van der Waals surface area contributed by atoms with Crippen molar-refractivity contribution in [2.45, 2.75) is 47.1 Å². The molecule has 0 saturated heterocycles. The Balaban J connectivity index is 1.40. The first kappa shape index (κ1) is 35.1. The van der Waals surface area contributed by atoms with Crippen molar-refractivity contribution in [3.05, 3.63) is 110 Å². The van der Waals surface area contributed by atoms with E-state index in [1.807, 2.05) is 95.0 Å². The highest BCUT2D eigenvalue weighted by molar-refractivity contribution is 6.35. The summed E-state index contributed by atoms with van der Waals surface area (Å²) in [4.78, 5) is 27.1. The number of carboxylic acids is 1. The van der Waals surface area contributed by atoms with Gasteiger partial charge < -0.3 is 19.3 Å². The number of likely N-dealkylation sites (N-methyl/N-ethyl adjacent to an activating group) is 1. The first-order valence-corrected chi connectivity index (χ1v) is 17.3. The van der Waals surface area contributed by atoms with Gasteiger partial charge in [0.2, 0.25) is 0 Å². The Labute approximate surface area is 301 Å². The van der Waals surface area contributed by atoms with Crippen LogP contribution in [0, 0.1) is 27.7 Å². The summed E-state index contributed by atoms with van der Waals surface area (Å²) < 4.78 is 10.1. The topological polar surface area (TPSA) is 89.6 Å². The van der Waals surface area contributed by atoms with Crippen molar-refractivity contribution in [1.29, 1.82) is 0 Å². The molecular weight excluding hydrogens is 671 g/mol. The third kappa shape index (κ3) is 6.34. The number of anilines is 1. The Morgan fingerprint density at radius 1 is 0.960 bits per heavy atom. The molecule has 0 fully saturated rings. The molecule has 6 rings (SSSR count). The lowest BCUT2D eigenvalue weighted by molar-refractivity contribution is 0.0699. The molecule has 0 amide bonds. The standard InChI is InChI=1S/C40H40Cl2N4O4/c1-23-20-27(21-24(2)38(23)42)50-19-9-13-30-31-15-16-33(41)37(36-25(3)43-45(6)26(36)4)39(31)46(35(30)22-47)18-17-44(5)34-14-8-10-28-29(34)11-7-12-32(28)40(48)49/h7-8,10-12,14-16,20-22H,9,13,17-19H2,1-6H3,(H,48,49). The van der Waals surface area contributed by atoms with E-state index < -0.39 is 5.97 Å². The Morgan fingerprint density at radius 3 is 2.32 bits per heavy atom. The van der Waals surface area contributed by atoms with Gasteiger partial charge in [0.05, 0.1) is 34.1 Å². The van der Waals surface area contributed by atoms with E-state index in [2.05, 4.69) is 14.6 Å². The summed E-state index contributed by atoms with van der Waals surface area (Å²) >= 11 is 13.4. The van der Waals surface area contributed by atoms with E-state index in [-0.39, 0.29) is 5.56 Å². The van der Waals surface area contributed by atoms with E-state index in [1.165, 1.54) is 0 Å². The molecule has 10 heteroatoms. The number of aromatic carboxylic acids is 1. The van der Waals surface area contributed by atoms with E-state index in [9.17, 15) is 14.7 Å². The number of ether oxygens (including phenoxy) is 1. The molecular formula is C40H40Cl2N4O4. The predicted molar refractivity (Wildman–Crippen MR) is 203 cm³/mol. The van der Waals surface area contributed by atoms with E-state index in [1.54, 1.807) is 12.1 Å². The van der Waals surface area contributed by atoms with Gasteiger partial charge in [0.1, 0.15) is 5.75 Å². The van der Waals surface area contributed by atoms with Gasteiger partial charge in [-0.15, -0.1) is 0 Å². The minimum absolute atomic E-state index is 0.258. The molecule has 6 aromatic rings. The van der Waals surface area contributed by atoms with Crippen molar-refractivity contribution in [2.75, 3.05) is 25.1 Å². The number of aryl methyl sites for hydroxylation is 5. The van der Waals surface area contributed by atoms with Gasteiger partial charge in [-0.25, -0.2) is 4.79 Å². The summed E-state index contributed by atoms with van der Waals surface area (Å²) in [5.74, 6) is -0.197. The number of nitrogens with zero attached hydrogens (tertiary/aromatic N) is 4. The van der Waals surface area contributed by atoms with Gasteiger partial charge in [0, 0.05) is 65.5 Å². The molecule has 0 radical (unpaired) electrons. The fourth-order valence-corrected chi connectivity index (χ4v) is 7.48. The number of aldehydes is 1. The molecule has 0 unspecified atom stereocenters. The maximum Gasteiger partial charge on any atom is 0.336 e. The van der Waals surface area contributed by atoms with E-state index >= 15 is 0 Å². The largest absolute Gasteiger partial charge is 0.494 e. The van der Waals surface area contributed by atoms with Gasteiger partial charge in [0.25, 0.3) is 0 Å². The Kier molecular flexibility index (Phi) is 9.96. The SMILES string of the molecule is Cc1cc(OCCCc2c(C=O)n(CCN(C)c3cccc4c(C(=O)O)cccc34)c3c(-c4c(C)nn(C)c4C)c(Cl)ccc23)cc(C)c1Cl. The van der Waals surface area contributed by atoms with Crippen LogP contribution in [0.1, 0.15) is 55.3 Å².